The van der Waals surface area contributed by atoms with Gasteiger partial charge in [-0.25, -0.2) is 4.98 Å². The van der Waals surface area contributed by atoms with Crippen molar-refractivity contribution in [1.82, 2.24) is 25.5 Å². The largest absolute Gasteiger partial charge is 0.507 e. The topological polar surface area (TPSA) is 144 Å². The Hall–Kier alpha value is -4.47. The number of benzene rings is 2. The maximum atomic E-state index is 13.3. The Morgan fingerprint density at radius 1 is 0.976 bits per heavy atom. The number of aromatic hydroxyl groups is 1. The molecule has 0 atom stereocenters. The van der Waals surface area contributed by atoms with Gasteiger partial charge in [-0.2, -0.15) is 0 Å². The highest BCUT2D eigenvalue weighted by molar-refractivity contribution is 5.95. The number of carbonyl (C=O) groups excluding carboxylic acids is 3. The summed E-state index contributed by atoms with van der Waals surface area (Å²) in [4.78, 5) is 60.1. The van der Waals surface area contributed by atoms with E-state index in [2.05, 4.69) is 20.6 Å². The molecule has 0 radical (unpaired) electrons. The first-order chi connectivity index (χ1) is 19.7. The summed E-state index contributed by atoms with van der Waals surface area (Å²) < 4.78 is 0. The second-order valence-corrected chi connectivity index (χ2v) is 10.2. The van der Waals surface area contributed by atoms with E-state index < -0.39 is 0 Å². The average molecular weight is 560 g/mol. The zero-order valence-corrected chi connectivity index (χ0v) is 23.6. The fourth-order valence-corrected chi connectivity index (χ4v) is 4.91. The van der Waals surface area contributed by atoms with Crippen LogP contribution < -0.4 is 16.2 Å². The van der Waals surface area contributed by atoms with E-state index in [4.69, 9.17) is 0 Å². The highest BCUT2D eigenvalue weighted by Crippen LogP contribution is 2.30. The minimum atomic E-state index is -0.313. The molecule has 3 aromatic rings. The van der Waals surface area contributed by atoms with Gasteiger partial charge in [-0.1, -0.05) is 25.1 Å². The molecular formula is C31H37N5O5. The van der Waals surface area contributed by atoms with Crippen molar-refractivity contribution in [3.05, 3.63) is 81.0 Å². The third-order valence-corrected chi connectivity index (χ3v) is 7.24. The van der Waals surface area contributed by atoms with Crippen LogP contribution in [-0.2, 0) is 28.9 Å². The fraction of sp³-hybridized carbons (Fsp3) is 0.387. The van der Waals surface area contributed by atoms with Crippen LogP contribution in [0.1, 0.15) is 59.2 Å². The molecule has 2 heterocycles. The first-order valence-electron chi connectivity index (χ1n) is 14.1. The lowest BCUT2D eigenvalue weighted by Gasteiger charge is -2.23. The molecule has 1 aromatic heterocycles. The molecule has 4 N–H and O–H groups in total. The van der Waals surface area contributed by atoms with Crippen molar-refractivity contribution in [1.29, 1.82) is 0 Å². The SMILES string of the molecule is CCc1nc(C)c(CC(=O)N2CCCNC(=O)c3cccc(c3)-c3cc(ccc3O)CCNC(=O)CCC2)c(=O)[nH]1. The zero-order valence-electron chi connectivity index (χ0n) is 23.6. The molecule has 0 unspecified atom stereocenters. The number of hydrogen-bond acceptors (Lipinski definition) is 6. The Morgan fingerprint density at radius 2 is 1.76 bits per heavy atom. The predicted molar refractivity (Wildman–Crippen MR) is 156 cm³/mol. The number of fused-ring (bicyclic) bond motifs is 5. The highest BCUT2D eigenvalue weighted by Gasteiger charge is 2.19. The lowest BCUT2D eigenvalue weighted by Crippen LogP contribution is -2.38. The van der Waals surface area contributed by atoms with Gasteiger partial charge < -0.3 is 25.6 Å². The number of carbonyl (C=O) groups is 3. The summed E-state index contributed by atoms with van der Waals surface area (Å²) >= 11 is 0. The summed E-state index contributed by atoms with van der Waals surface area (Å²) in [5, 5.41) is 16.3. The highest BCUT2D eigenvalue weighted by atomic mass is 16.3. The third kappa shape index (κ3) is 7.81. The van der Waals surface area contributed by atoms with Crippen LogP contribution in [0, 0.1) is 6.92 Å². The molecule has 1 aliphatic rings. The predicted octanol–water partition coefficient (Wildman–Crippen LogP) is 2.66. The van der Waals surface area contributed by atoms with Crippen molar-refractivity contribution in [2.75, 3.05) is 26.2 Å². The quantitative estimate of drug-likeness (QED) is 0.388. The first-order valence-corrected chi connectivity index (χ1v) is 14.1. The molecule has 0 saturated carbocycles. The molecule has 216 valence electrons. The number of aromatic amines is 1. The standard InChI is InChI=1S/C31H37N5O5/c1-3-27-34-20(2)24(31(41)35-27)19-29(39)36-15-5-9-28(38)32-14-12-21-10-11-26(37)25(17-21)22-7-4-8-23(18-22)30(40)33-13-6-16-36/h4,7-8,10-11,17-18,37H,3,5-6,9,12-16,19H2,1-2H3,(H,32,38)(H,33,40)(H,34,35,41). The van der Waals surface area contributed by atoms with Gasteiger partial charge in [0.2, 0.25) is 11.8 Å². The van der Waals surface area contributed by atoms with Crippen molar-refractivity contribution in [2.45, 2.75) is 52.4 Å². The molecule has 41 heavy (non-hydrogen) atoms. The van der Waals surface area contributed by atoms with Gasteiger partial charge in [-0.3, -0.25) is 19.2 Å². The molecule has 4 rings (SSSR count). The Morgan fingerprint density at radius 3 is 2.54 bits per heavy atom. The van der Waals surface area contributed by atoms with Gasteiger partial charge >= 0.3 is 0 Å². The van der Waals surface area contributed by atoms with Gasteiger partial charge in [0.1, 0.15) is 11.6 Å². The van der Waals surface area contributed by atoms with Gasteiger partial charge in [-0.15, -0.1) is 0 Å². The summed E-state index contributed by atoms with van der Waals surface area (Å²) in [6.45, 7) is 5.09. The van der Waals surface area contributed by atoms with Crippen LogP contribution in [-0.4, -0.2) is 63.9 Å². The maximum absolute atomic E-state index is 13.3. The first kappa shape index (κ1) is 29.5. The summed E-state index contributed by atoms with van der Waals surface area (Å²) in [6, 6.07) is 12.4. The Kier molecular flexibility index (Phi) is 9.89. The number of phenolic OH excluding ortho intramolecular Hbond substituents is 1. The van der Waals surface area contributed by atoms with Crippen LogP contribution in [0.2, 0.25) is 0 Å². The molecule has 0 spiro atoms. The number of aryl methyl sites for hydroxylation is 2. The van der Waals surface area contributed by atoms with E-state index in [1.165, 1.54) is 0 Å². The number of H-pyrrole nitrogens is 1. The van der Waals surface area contributed by atoms with E-state index in [1.54, 1.807) is 36.1 Å². The number of amides is 3. The third-order valence-electron chi connectivity index (χ3n) is 7.24. The molecular weight excluding hydrogens is 522 g/mol. The smallest absolute Gasteiger partial charge is 0.254 e. The normalized spacial score (nSPS) is 15.2. The second kappa shape index (κ2) is 13.7. The number of phenols is 1. The van der Waals surface area contributed by atoms with Crippen LogP contribution >= 0.6 is 0 Å². The number of nitrogens with one attached hydrogen (secondary N) is 3. The maximum Gasteiger partial charge on any atom is 0.254 e. The van der Waals surface area contributed by atoms with E-state index in [0.717, 1.165) is 5.56 Å². The van der Waals surface area contributed by atoms with E-state index in [-0.39, 0.29) is 41.9 Å². The fourth-order valence-electron chi connectivity index (χ4n) is 4.91. The average Bonchev–Trinajstić information content (AvgIpc) is 2.96. The Balaban J connectivity index is 1.51. The molecule has 1 aliphatic heterocycles. The van der Waals surface area contributed by atoms with Crippen LogP contribution in [0.15, 0.2) is 47.3 Å². The van der Waals surface area contributed by atoms with E-state index >= 15 is 0 Å². The van der Waals surface area contributed by atoms with Gasteiger partial charge in [0.25, 0.3) is 11.5 Å². The number of rotatable bonds is 3. The van der Waals surface area contributed by atoms with E-state index in [9.17, 15) is 24.3 Å². The van der Waals surface area contributed by atoms with Gasteiger partial charge in [-0.05, 0) is 61.6 Å². The van der Waals surface area contributed by atoms with Crippen LogP contribution in [0.3, 0.4) is 0 Å². The van der Waals surface area contributed by atoms with Gasteiger partial charge in [0, 0.05) is 61.4 Å². The van der Waals surface area contributed by atoms with E-state index in [1.807, 2.05) is 25.1 Å². The molecule has 10 nitrogen and oxygen atoms in total. The number of hydrogen-bond donors (Lipinski definition) is 4. The van der Waals surface area contributed by atoms with Crippen molar-refractivity contribution in [2.24, 2.45) is 0 Å². The minimum Gasteiger partial charge on any atom is -0.507 e. The van der Waals surface area contributed by atoms with E-state index in [0.29, 0.717) is 85.6 Å². The van der Waals surface area contributed by atoms with Crippen molar-refractivity contribution < 1.29 is 19.5 Å². The monoisotopic (exact) mass is 559 g/mol. The molecule has 4 bridgehead atoms. The van der Waals surface area contributed by atoms with Crippen LogP contribution in [0.5, 0.6) is 5.75 Å². The number of aromatic nitrogens is 2. The van der Waals surface area contributed by atoms with Crippen molar-refractivity contribution in [3.8, 4) is 16.9 Å². The summed E-state index contributed by atoms with van der Waals surface area (Å²) in [6.07, 6.45) is 2.27. The summed E-state index contributed by atoms with van der Waals surface area (Å²) in [5.41, 5.74) is 3.28. The minimum absolute atomic E-state index is 0.0885. The van der Waals surface area contributed by atoms with Crippen molar-refractivity contribution >= 4 is 17.7 Å². The lowest BCUT2D eigenvalue weighted by atomic mass is 9.98. The Bertz CT molecular complexity index is 1480. The van der Waals surface area contributed by atoms with Crippen molar-refractivity contribution in [3.63, 3.8) is 0 Å². The van der Waals surface area contributed by atoms with Crippen LogP contribution in [0.25, 0.3) is 11.1 Å². The van der Waals surface area contributed by atoms with Gasteiger partial charge in [0.05, 0.1) is 6.42 Å². The zero-order chi connectivity index (χ0) is 29.4. The second-order valence-electron chi connectivity index (χ2n) is 10.2. The molecule has 10 heteroatoms. The molecule has 0 aliphatic carbocycles. The Labute approximate surface area is 239 Å². The summed E-state index contributed by atoms with van der Waals surface area (Å²) in [5.74, 6) is 0.0973. The lowest BCUT2D eigenvalue weighted by molar-refractivity contribution is -0.131. The molecule has 2 aromatic carbocycles. The van der Waals surface area contributed by atoms with Gasteiger partial charge in [0.15, 0.2) is 0 Å². The summed E-state index contributed by atoms with van der Waals surface area (Å²) in [7, 11) is 0. The van der Waals surface area contributed by atoms with Crippen LogP contribution in [0.4, 0.5) is 0 Å². The molecule has 0 saturated heterocycles. The molecule has 3 amide bonds. The molecule has 0 fully saturated rings. The number of nitrogens with zero attached hydrogens (tertiary/aromatic N) is 2.